The lowest BCUT2D eigenvalue weighted by Crippen LogP contribution is -2.55. The topological polar surface area (TPSA) is 75.0 Å². The molecule has 1 aliphatic carbocycles. The molecule has 2 heterocycles. The number of ether oxygens (including phenoxy) is 1. The average molecular weight is 524 g/mol. The Morgan fingerprint density at radius 2 is 2.10 bits per heavy atom. The summed E-state index contributed by atoms with van der Waals surface area (Å²) in [5.41, 5.74) is 1.93. The Bertz CT molecular complexity index is 895. The predicted molar refractivity (Wildman–Crippen MR) is 127 cm³/mol. The molecule has 1 N–H and O–H groups in total. The summed E-state index contributed by atoms with van der Waals surface area (Å²) in [6.07, 6.45) is 6.12. The number of rotatable bonds is 6. The van der Waals surface area contributed by atoms with Gasteiger partial charge in [0, 0.05) is 45.5 Å². The second kappa shape index (κ2) is 10.1. The van der Waals surface area contributed by atoms with E-state index >= 15 is 0 Å². The Labute approximate surface area is 194 Å². The molecular weight excluding hydrogens is 495 g/mol. The number of nitrogens with one attached hydrogen (secondary N) is 1. The number of aliphatic imine (C=N–C) groups is 1. The van der Waals surface area contributed by atoms with E-state index in [2.05, 4.69) is 21.5 Å². The fourth-order valence-corrected chi connectivity index (χ4v) is 3.46. The number of aromatic nitrogens is 2. The number of hydrogen-bond acceptors (Lipinski definition) is 4. The first kappa shape index (κ1) is 22.4. The molecule has 2 aliphatic rings. The molecule has 0 unspecified atom stereocenters. The molecule has 30 heavy (non-hydrogen) atoms. The van der Waals surface area contributed by atoms with E-state index < -0.39 is 0 Å². The van der Waals surface area contributed by atoms with Crippen molar-refractivity contribution in [3.63, 3.8) is 0 Å². The normalized spacial score (nSPS) is 17.0. The molecule has 0 spiro atoms. The lowest BCUT2D eigenvalue weighted by molar-refractivity contribution is -0.120. The molecular formula is C21H29IN6O2. The van der Waals surface area contributed by atoms with Gasteiger partial charge in [-0.25, -0.2) is 0 Å². The zero-order chi connectivity index (χ0) is 20.2. The van der Waals surface area contributed by atoms with Gasteiger partial charge in [0.15, 0.2) is 5.96 Å². The minimum Gasteiger partial charge on any atom is -0.493 e. The van der Waals surface area contributed by atoms with Gasteiger partial charge in [0.2, 0.25) is 5.91 Å². The van der Waals surface area contributed by atoms with Gasteiger partial charge >= 0.3 is 0 Å². The van der Waals surface area contributed by atoms with Crippen molar-refractivity contribution in [2.45, 2.75) is 19.4 Å². The predicted octanol–water partition coefficient (Wildman–Crippen LogP) is 2.25. The number of aryl methyl sites for hydroxylation is 1. The Balaban J connectivity index is 0.00000256. The number of carbonyl (C=O) groups excluding carboxylic acids is 1. The van der Waals surface area contributed by atoms with Crippen LogP contribution in [0.1, 0.15) is 18.4 Å². The van der Waals surface area contributed by atoms with Crippen molar-refractivity contribution in [3.8, 4) is 5.75 Å². The van der Waals surface area contributed by atoms with Crippen LogP contribution >= 0.6 is 24.0 Å². The highest BCUT2D eigenvalue weighted by molar-refractivity contribution is 14.0. The monoisotopic (exact) mass is 524 g/mol. The number of guanidine groups is 1. The maximum absolute atomic E-state index is 12.7. The molecule has 162 valence electrons. The van der Waals surface area contributed by atoms with Gasteiger partial charge < -0.3 is 19.9 Å². The van der Waals surface area contributed by atoms with Crippen LogP contribution in [0.5, 0.6) is 5.75 Å². The second-order valence-electron chi connectivity index (χ2n) is 7.60. The van der Waals surface area contributed by atoms with Crippen molar-refractivity contribution < 1.29 is 9.53 Å². The number of benzene rings is 1. The van der Waals surface area contributed by atoms with Gasteiger partial charge in [0.1, 0.15) is 12.3 Å². The van der Waals surface area contributed by atoms with E-state index in [4.69, 9.17) is 4.74 Å². The van der Waals surface area contributed by atoms with Gasteiger partial charge in [-0.15, -0.1) is 24.0 Å². The van der Waals surface area contributed by atoms with E-state index in [1.807, 2.05) is 36.3 Å². The summed E-state index contributed by atoms with van der Waals surface area (Å²) in [4.78, 5) is 20.8. The molecule has 1 aliphatic heterocycles. The molecule has 0 bridgehead atoms. The molecule has 1 aromatic carbocycles. The van der Waals surface area contributed by atoms with E-state index in [9.17, 15) is 4.79 Å². The highest BCUT2D eigenvalue weighted by Crippen LogP contribution is 2.30. The maximum atomic E-state index is 12.7. The summed E-state index contributed by atoms with van der Waals surface area (Å²) < 4.78 is 7.70. The van der Waals surface area contributed by atoms with Crippen LogP contribution in [-0.4, -0.2) is 59.8 Å². The Morgan fingerprint density at radius 3 is 2.77 bits per heavy atom. The molecule has 1 saturated heterocycles. The van der Waals surface area contributed by atoms with Crippen molar-refractivity contribution in [1.82, 2.24) is 20.0 Å². The van der Waals surface area contributed by atoms with Crippen LogP contribution in [0.15, 0.2) is 41.7 Å². The Morgan fingerprint density at radius 1 is 1.30 bits per heavy atom. The highest BCUT2D eigenvalue weighted by atomic mass is 127. The van der Waals surface area contributed by atoms with Gasteiger partial charge in [-0.3, -0.25) is 14.5 Å². The molecule has 2 aromatic rings. The van der Waals surface area contributed by atoms with Crippen LogP contribution in [0, 0.1) is 5.92 Å². The lowest BCUT2D eigenvalue weighted by atomic mass is 10.2. The summed E-state index contributed by atoms with van der Waals surface area (Å²) in [5.74, 6) is 2.40. The van der Waals surface area contributed by atoms with Crippen LogP contribution in [0.2, 0.25) is 0 Å². The van der Waals surface area contributed by atoms with E-state index in [0.29, 0.717) is 25.6 Å². The number of anilines is 1. The first-order valence-electron chi connectivity index (χ1n) is 10.1. The van der Waals surface area contributed by atoms with E-state index in [1.165, 1.54) is 12.8 Å². The Hall–Kier alpha value is -2.30. The van der Waals surface area contributed by atoms with Crippen molar-refractivity contribution in [2.24, 2.45) is 18.0 Å². The first-order valence-corrected chi connectivity index (χ1v) is 10.1. The average Bonchev–Trinajstić information content (AvgIpc) is 3.46. The number of halogens is 1. The summed E-state index contributed by atoms with van der Waals surface area (Å²) >= 11 is 0. The third-order valence-corrected chi connectivity index (χ3v) is 5.32. The number of carbonyl (C=O) groups is 1. The second-order valence-corrected chi connectivity index (χ2v) is 7.60. The summed E-state index contributed by atoms with van der Waals surface area (Å²) in [5, 5.41) is 7.55. The molecule has 1 saturated carbocycles. The first-order chi connectivity index (χ1) is 14.1. The standard InChI is InChI=1S/C21H28N6O2.HI/c1-22-21(23-11-17-5-3-4-6-19(17)29-15-16-7-8-16)26-9-10-27(20(28)14-26)18-12-24-25(2)13-18;/h3-6,12-13,16H,7-11,14-15H2,1-2H3,(H,22,23);1H. The molecule has 0 radical (unpaired) electrons. The minimum atomic E-state index is 0. The largest absolute Gasteiger partial charge is 0.493 e. The van der Waals surface area contributed by atoms with Gasteiger partial charge in [-0.1, -0.05) is 18.2 Å². The minimum absolute atomic E-state index is 0. The maximum Gasteiger partial charge on any atom is 0.246 e. The fraction of sp³-hybridized carbons (Fsp3) is 0.476. The highest BCUT2D eigenvalue weighted by Gasteiger charge is 2.28. The van der Waals surface area contributed by atoms with E-state index in [0.717, 1.165) is 29.6 Å². The van der Waals surface area contributed by atoms with Gasteiger partial charge in [-0.2, -0.15) is 5.10 Å². The van der Waals surface area contributed by atoms with Crippen molar-refractivity contribution in [2.75, 3.05) is 38.2 Å². The number of para-hydroxylation sites is 1. The summed E-state index contributed by atoms with van der Waals surface area (Å²) in [6, 6.07) is 8.09. The summed E-state index contributed by atoms with van der Waals surface area (Å²) in [7, 11) is 3.60. The number of nitrogens with zero attached hydrogens (tertiary/aromatic N) is 5. The Kier molecular flexibility index (Phi) is 7.57. The molecule has 0 atom stereocenters. The van der Waals surface area contributed by atoms with Crippen LogP contribution < -0.4 is 15.0 Å². The molecule has 1 aromatic heterocycles. The zero-order valence-electron chi connectivity index (χ0n) is 17.5. The molecule has 2 fully saturated rings. The van der Waals surface area contributed by atoms with Crippen molar-refractivity contribution in [1.29, 1.82) is 0 Å². The third kappa shape index (κ3) is 5.44. The van der Waals surface area contributed by atoms with Crippen LogP contribution in [0.3, 0.4) is 0 Å². The molecule has 9 heteroatoms. The SMILES string of the molecule is CN=C(NCc1ccccc1OCC1CC1)N1CCN(c2cnn(C)c2)C(=O)C1.I. The quantitative estimate of drug-likeness (QED) is 0.357. The van der Waals surface area contributed by atoms with Crippen molar-refractivity contribution in [3.05, 3.63) is 42.2 Å². The number of hydrogen-bond donors (Lipinski definition) is 1. The van der Waals surface area contributed by atoms with Crippen LogP contribution in [0.4, 0.5) is 5.69 Å². The van der Waals surface area contributed by atoms with E-state index in [-0.39, 0.29) is 36.4 Å². The number of amides is 1. The zero-order valence-corrected chi connectivity index (χ0v) is 19.8. The summed E-state index contributed by atoms with van der Waals surface area (Å²) in [6.45, 7) is 2.99. The molecule has 1 amide bonds. The van der Waals surface area contributed by atoms with Crippen molar-refractivity contribution >= 4 is 41.5 Å². The molecule has 8 nitrogen and oxygen atoms in total. The van der Waals surface area contributed by atoms with Gasteiger partial charge in [0.25, 0.3) is 0 Å². The fourth-order valence-electron chi connectivity index (χ4n) is 3.46. The smallest absolute Gasteiger partial charge is 0.246 e. The van der Waals surface area contributed by atoms with E-state index in [1.54, 1.807) is 22.8 Å². The van der Waals surface area contributed by atoms with Crippen LogP contribution in [-0.2, 0) is 18.4 Å². The molecule has 4 rings (SSSR count). The van der Waals surface area contributed by atoms with Gasteiger partial charge in [-0.05, 0) is 24.8 Å². The van der Waals surface area contributed by atoms with Crippen LogP contribution in [0.25, 0.3) is 0 Å². The van der Waals surface area contributed by atoms with Gasteiger partial charge in [0.05, 0.1) is 18.5 Å². The lowest BCUT2D eigenvalue weighted by Gasteiger charge is -2.35. The number of piperazine rings is 1. The third-order valence-electron chi connectivity index (χ3n) is 5.32.